The molecule has 0 unspecified atom stereocenters. The second-order valence-electron chi connectivity index (χ2n) is 12.1. The molecule has 0 aromatic rings. The molecule has 1 amide bonds. The fourth-order valence-electron chi connectivity index (χ4n) is 8.60. The average Bonchev–Trinajstić information content (AvgIpc) is 3.47. The summed E-state index contributed by atoms with van der Waals surface area (Å²) in [5, 5.41) is 15.5. The Kier molecular flexibility index (Phi) is 6.47. The molecule has 0 radical (unpaired) electrons. The quantitative estimate of drug-likeness (QED) is 0.363. The number of allylic oxidation sites excluding steroid dienone is 2. The molecule has 1 heterocycles. The van der Waals surface area contributed by atoms with Crippen LogP contribution >= 0.6 is 0 Å². The molecule has 0 bridgehead atoms. The molecule has 4 aliphatic carbocycles. The lowest BCUT2D eigenvalue weighted by molar-refractivity contribution is -0.152. The van der Waals surface area contributed by atoms with Crippen LogP contribution in [0.4, 0.5) is 0 Å². The summed E-state index contributed by atoms with van der Waals surface area (Å²) in [5.74, 6) is 3.86. The summed E-state index contributed by atoms with van der Waals surface area (Å²) in [7, 11) is 1.35. The summed E-state index contributed by atoms with van der Waals surface area (Å²) in [5.41, 5.74) is 1.33. The first-order valence-electron chi connectivity index (χ1n) is 13.6. The van der Waals surface area contributed by atoms with Gasteiger partial charge in [0.2, 0.25) is 0 Å². The number of carbonyl (C=O) groups excluding carboxylic acids is 2. The van der Waals surface area contributed by atoms with Crippen LogP contribution in [-0.4, -0.2) is 59.5 Å². The zero-order valence-corrected chi connectivity index (χ0v) is 21.9. The van der Waals surface area contributed by atoms with Crippen molar-refractivity contribution in [3.05, 3.63) is 11.6 Å². The normalized spacial score (nSPS) is 42.6. The fourth-order valence-corrected chi connectivity index (χ4v) is 8.60. The first kappa shape index (κ1) is 25.3. The lowest BCUT2D eigenvalue weighted by Crippen LogP contribution is -2.54. The summed E-state index contributed by atoms with van der Waals surface area (Å²) in [6, 6.07) is -0.514. The summed E-state index contributed by atoms with van der Waals surface area (Å²) in [4.78, 5) is 31.6. The molecule has 7 atom stereocenters. The summed E-state index contributed by atoms with van der Waals surface area (Å²) < 4.78 is 4.83. The van der Waals surface area contributed by atoms with Gasteiger partial charge in [-0.3, -0.25) is 4.79 Å². The van der Waals surface area contributed by atoms with E-state index in [1.54, 1.807) is 4.90 Å². The van der Waals surface area contributed by atoms with Gasteiger partial charge in [-0.15, -0.1) is 6.42 Å². The van der Waals surface area contributed by atoms with Crippen molar-refractivity contribution in [2.24, 2.45) is 33.7 Å². The Morgan fingerprint density at radius 2 is 1.94 bits per heavy atom. The van der Waals surface area contributed by atoms with E-state index in [0.29, 0.717) is 30.7 Å². The number of aliphatic hydroxyl groups is 1. The number of amides is 1. The van der Waals surface area contributed by atoms with Crippen molar-refractivity contribution in [1.29, 1.82) is 0 Å². The van der Waals surface area contributed by atoms with Crippen molar-refractivity contribution in [1.82, 2.24) is 4.90 Å². The zero-order valence-electron chi connectivity index (χ0n) is 21.9. The molecular weight excluding hydrogens is 456 g/mol. The maximum atomic E-state index is 12.6. The minimum atomic E-state index is -0.966. The van der Waals surface area contributed by atoms with Gasteiger partial charge in [0.25, 0.3) is 5.91 Å². The number of terminal acetylenes is 1. The van der Waals surface area contributed by atoms with Gasteiger partial charge >= 0.3 is 5.97 Å². The first-order chi connectivity index (χ1) is 17.2. The van der Waals surface area contributed by atoms with Crippen molar-refractivity contribution in [3.8, 4) is 12.3 Å². The molecule has 1 N–H and O–H groups in total. The lowest BCUT2D eigenvalue weighted by Gasteiger charge is -2.58. The second kappa shape index (κ2) is 9.20. The minimum Gasteiger partial charge on any atom is -0.467 e. The predicted octanol–water partition coefficient (Wildman–Crippen LogP) is 3.85. The molecule has 5 aliphatic rings. The number of oxime groups is 1. The molecule has 0 spiro atoms. The van der Waals surface area contributed by atoms with Gasteiger partial charge in [0, 0.05) is 12.0 Å². The van der Waals surface area contributed by atoms with Gasteiger partial charge in [0.05, 0.1) is 12.8 Å². The lowest BCUT2D eigenvalue weighted by atomic mass is 9.46. The van der Waals surface area contributed by atoms with Crippen molar-refractivity contribution < 1.29 is 24.3 Å². The Balaban J connectivity index is 1.24. The van der Waals surface area contributed by atoms with Crippen LogP contribution in [0.25, 0.3) is 0 Å². The number of rotatable bonds is 4. The molecule has 7 heteroatoms. The van der Waals surface area contributed by atoms with E-state index in [-0.39, 0.29) is 29.3 Å². The third-order valence-electron chi connectivity index (χ3n) is 10.8. The van der Waals surface area contributed by atoms with Gasteiger partial charge < -0.3 is 19.6 Å². The maximum Gasteiger partial charge on any atom is 0.328 e. The van der Waals surface area contributed by atoms with E-state index in [4.69, 9.17) is 16.0 Å². The standard InChI is InChI=1S/C29H40N2O5/c1-5-29(34)15-12-23-21-9-8-19-17-20(10-13-27(19,2)22(21)11-14-28(23,29)3)30-36-18-25(32)31-16-6-7-24(31)26(33)35-4/h1,17,21-24,34H,6-16,18H2,2-4H3/b30-20-/t21-,22-,23+,24-,27-,28-,29+/m0/s1. The van der Waals surface area contributed by atoms with Crippen LogP contribution in [-0.2, 0) is 19.2 Å². The van der Waals surface area contributed by atoms with Gasteiger partial charge in [-0.1, -0.05) is 30.5 Å². The molecule has 7 nitrogen and oxygen atoms in total. The van der Waals surface area contributed by atoms with Crippen molar-refractivity contribution in [2.75, 3.05) is 20.3 Å². The maximum absolute atomic E-state index is 12.6. The van der Waals surface area contributed by atoms with E-state index in [2.05, 4.69) is 31.0 Å². The predicted molar refractivity (Wildman–Crippen MR) is 136 cm³/mol. The summed E-state index contributed by atoms with van der Waals surface area (Å²) in [6.07, 6.45) is 17.3. The second-order valence-corrected chi connectivity index (χ2v) is 12.1. The highest BCUT2D eigenvalue weighted by molar-refractivity contribution is 5.96. The highest BCUT2D eigenvalue weighted by Crippen LogP contribution is 2.67. The molecule has 196 valence electrons. The van der Waals surface area contributed by atoms with E-state index in [1.807, 2.05) is 0 Å². The van der Waals surface area contributed by atoms with E-state index in [0.717, 1.165) is 63.5 Å². The Labute approximate surface area is 214 Å². The van der Waals surface area contributed by atoms with Crippen LogP contribution in [0.3, 0.4) is 0 Å². The number of esters is 1. The number of hydrogen-bond donors (Lipinski definition) is 1. The van der Waals surface area contributed by atoms with E-state index >= 15 is 0 Å². The van der Waals surface area contributed by atoms with Crippen molar-refractivity contribution in [2.45, 2.75) is 89.7 Å². The topological polar surface area (TPSA) is 88.4 Å². The van der Waals surface area contributed by atoms with Gasteiger partial charge in [-0.2, -0.15) is 0 Å². The molecule has 36 heavy (non-hydrogen) atoms. The highest BCUT2D eigenvalue weighted by Gasteiger charge is 2.63. The van der Waals surface area contributed by atoms with Crippen LogP contribution in [0, 0.1) is 40.9 Å². The van der Waals surface area contributed by atoms with Gasteiger partial charge in [-0.05, 0) is 93.5 Å². The minimum absolute atomic E-state index is 0.138. The Hall–Kier alpha value is -2.33. The zero-order chi connectivity index (χ0) is 25.7. The molecule has 0 aromatic heterocycles. The smallest absolute Gasteiger partial charge is 0.328 e. The van der Waals surface area contributed by atoms with Crippen LogP contribution in [0.1, 0.15) is 78.1 Å². The number of methoxy groups -OCH3 is 1. The molecule has 4 fully saturated rings. The molecule has 3 saturated carbocycles. The highest BCUT2D eigenvalue weighted by atomic mass is 16.6. The van der Waals surface area contributed by atoms with E-state index in [9.17, 15) is 14.7 Å². The van der Waals surface area contributed by atoms with Crippen LogP contribution < -0.4 is 0 Å². The van der Waals surface area contributed by atoms with Crippen LogP contribution in [0.15, 0.2) is 16.8 Å². The van der Waals surface area contributed by atoms with Crippen LogP contribution in [0.5, 0.6) is 0 Å². The monoisotopic (exact) mass is 496 g/mol. The van der Waals surface area contributed by atoms with Gasteiger partial charge in [0.1, 0.15) is 11.6 Å². The number of carbonyl (C=O) groups is 2. The average molecular weight is 497 g/mol. The van der Waals surface area contributed by atoms with Crippen molar-refractivity contribution >= 4 is 17.6 Å². The number of fused-ring (bicyclic) bond motifs is 5. The molecule has 1 saturated heterocycles. The fraction of sp³-hybridized carbons (Fsp3) is 0.759. The SMILES string of the molecule is C#C[C@@]1(O)CC[C@@H]2[C@H]3CCC4=C/C(=N\OCC(=O)N5CCC[C@H]5C(=O)OC)CC[C@]4(C)[C@H]3CC[C@@]21C. The molecule has 1 aliphatic heterocycles. The first-order valence-corrected chi connectivity index (χ1v) is 13.6. The Morgan fingerprint density at radius 3 is 2.69 bits per heavy atom. The number of nitrogens with zero attached hydrogens (tertiary/aromatic N) is 2. The van der Waals surface area contributed by atoms with Crippen LogP contribution in [0.2, 0.25) is 0 Å². The van der Waals surface area contributed by atoms with Gasteiger partial charge in [0.15, 0.2) is 6.61 Å². The molecular formula is C29H40N2O5. The molecule has 5 rings (SSSR count). The van der Waals surface area contributed by atoms with E-state index in [1.165, 1.54) is 12.7 Å². The third kappa shape index (κ3) is 3.79. The number of ether oxygens (including phenoxy) is 1. The number of likely N-dealkylation sites (tertiary alicyclic amines) is 1. The summed E-state index contributed by atoms with van der Waals surface area (Å²) in [6.45, 7) is 5.03. The van der Waals surface area contributed by atoms with E-state index < -0.39 is 11.6 Å². The van der Waals surface area contributed by atoms with Gasteiger partial charge in [-0.25, -0.2) is 4.79 Å². The third-order valence-corrected chi connectivity index (χ3v) is 10.8. The largest absolute Gasteiger partial charge is 0.467 e. The summed E-state index contributed by atoms with van der Waals surface area (Å²) >= 11 is 0. The van der Waals surface area contributed by atoms with Crippen molar-refractivity contribution in [3.63, 3.8) is 0 Å². The molecule has 0 aromatic carbocycles. The number of hydrogen-bond acceptors (Lipinski definition) is 6. The Bertz CT molecular complexity index is 1030. The Morgan fingerprint density at radius 1 is 1.17 bits per heavy atom.